The summed E-state index contributed by atoms with van der Waals surface area (Å²) in [5, 5.41) is 2.83. The molecule has 3 N–H and O–H groups in total. The van der Waals surface area contributed by atoms with Crippen molar-refractivity contribution in [1.82, 2.24) is 5.32 Å². The summed E-state index contributed by atoms with van der Waals surface area (Å²) in [6, 6.07) is 5.79. The molecule has 0 aliphatic rings. The summed E-state index contributed by atoms with van der Waals surface area (Å²) < 4.78 is 5.73. The van der Waals surface area contributed by atoms with Crippen molar-refractivity contribution in [3.05, 3.63) is 29.3 Å². The van der Waals surface area contributed by atoms with E-state index in [2.05, 4.69) is 5.32 Å². The lowest BCUT2D eigenvalue weighted by atomic mass is 10.1. The van der Waals surface area contributed by atoms with Crippen LogP contribution in [0.25, 0.3) is 0 Å². The van der Waals surface area contributed by atoms with Gasteiger partial charge in [-0.2, -0.15) is 0 Å². The summed E-state index contributed by atoms with van der Waals surface area (Å²) in [6.07, 6.45) is -0.539. The molecule has 106 valence electrons. The van der Waals surface area contributed by atoms with Gasteiger partial charge < -0.3 is 15.8 Å². The number of amides is 1. The summed E-state index contributed by atoms with van der Waals surface area (Å²) in [5.41, 5.74) is 7.98. The Morgan fingerprint density at radius 1 is 1.26 bits per heavy atom. The van der Waals surface area contributed by atoms with Crippen LogP contribution in [0, 0.1) is 6.92 Å². The van der Waals surface area contributed by atoms with Gasteiger partial charge in [0.25, 0.3) is 5.91 Å². The van der Waals surface area contributed by atoms with Gasteiger partial charge in [0.1, 0.15) is 5.75 Å². The van der Waals surface area contributed by atoms with E-state index in [0.717, 1.165) is 11.1 Å². The van der Waals surface area contributed by atoms with E-state index in [9.17, 15) is 4.79 Å². The highest BCUT2D eigenvalue weighted by atomic mass is 16.5. The average molecular weight is 264 g/mol. The summed E-state index contributed by atoms with van der Waals surface area (Å²) in [5.74, 6) is 0.554. The number of ether oxygens (including phenoxy) is 1. The normalized spacial score (nSPS) is 14.1. The fourth-order valence-corrected chi connectivity index (χ4v) is 1.78. The zero-order valence-electron chi connectivity index (χ0n) is 12.4. The monoisotopic (exact) mass is 264 g/mol. The van der Waals surface area contributed by atoms with Gasteiger partial charge >= 0.3 is 0 Å². The van der Waals surface area contributed by atoms with E-state index in [1.165, 1.54) is 0 Å². The highest BCUT2D eigenvalue weighted by molar-refractivity contribution is 5.80. The van der Waals surface area contributed by atoms with Crippen LogP contribution in [0.4, 0.5) is 0 Å². The number of nitrogens with one attached hydrogen (secondary N) is 1. The van der Waals surface area contributed by atoms with E-state index < -0.39 is 6.10 Å². The van der Waals surface area contributed by atoms with Crippen molar-refractivity contribution < 1.29 is 9.53 Å². The molecule has 4 heteroatoms. The molecular formula is C15H24N2O2. The van der Waals surface area contributed by atoms with Gasteiger partial charge in [-0.1, -0.05) is 17.7 Å². The molecule has 1 rings (SSSR count). The zero-order valence-corrected chi connectivity index (χ0v) is 12.4. The van der Waals surface area contributed by atoms with Gasteiger partial charge in [0.15, 0.2) is 6.10 Å². The minimum Gasteiger partial charge on any atom is -0.481 e. The minimum absolute atomic E-state index is 0.101. The van der Waals surface area contributed by atoms with Crippen LogP contribution in [0.15, 0.2) is 18.2 Å². The molecule has 0 aliphatic heterocycles. The second-order valence-electron chi connectivity index (χ2n) is 5.25. The largest absolute Gasteiger partial charge is 0.481 e. The Morgan fingerprint density at radius 2 is 1.89 bits per heavy atom. The number of hydrogen-bond donors (Lipinski definition) is 2. The Labute approximate surface area is 115 Å². The molecule has 2 atom stereocenters. The third kappa shape index (κ3) is 4.56. The van der Waals surface area contributed by atoms with E-state index in [0.29, 0.717) is 5.75 Å². The van der Waals surface area contributed by atoms with E-state index in [4.69, 9.17) is 10.5 Å². The molecule has 0 aromatic heterocycles. The van der Waals surface area contributed by atoms with Crippen LogP contribution in [0.3, 0.4) is 0 Å². The molecule has 1 aromatic carbocycles. The summed E-state index contributed by atoms with van der Waals surface area (Å²) in [7, 11) is 0. The first kappa shape index (κ1) is 15.5. The highest BCUT2D eigenvalue weighted by Gasteiger charge is 2.18. The lowest BCUT2D eigenvalue weighted by Crippen LogP contribution is -2.40. The van der Waals surface area contributed by atoms with Crippen molar-refractivity contribution >= 4 is 5.91 Å². The Balaban J connectivity index is 2.84. The lowest BCUT2D eigenvalue weighted by Gasteiger charge is -2.20. The maximum Gasteiger partial charge on any atom is 0.260 e. The maximum absolute atomic E-state index is 11.8. The van der Waals surface area contributed by atoms with Gasteiger partial charge in [0.05, 0.1) is 0 Å². The number of carbonyl (C=O) groups excluding carboxylic acids is 1. The predicted octanol–water partition coefficient (Wildman–Crippen LogP) is 2.31. The van der Waals surface area contributed by atoms with E-state index in [1.54, 1.807) is 6.92 Å². The van der Waals surface area contributed by atoms with Gasteiger partial charge in [-0.3, -0.25) is 4.79 Å². The van der Waals surface area contributed by atoms with E-state index >= 15 is 0 Å². The molecule has 4 nitrogen and oxygen atoms in total. The molecule has 1 amide bonds. The number of rotatable bonds is 5. The highest BCUT2D eigenvalue weighted by Crippen LogP contribution is 2.26. The number of hydrogen-bond acceptors (Lipinski definition) is 3. The Bertz CT molecular complexity index is 442. The molecular weight excluding hydrogens is 240 g/mol. The quantitative estimate of drug-likeness (QED) is 0.857. The van der Waals surface area contributed by atoms with Crippen molar-refractivity contribution in [2.45, 2.75) is 52.8 Å². The Morgan fingerprint density at radius 3 is 2.42 bits per heavy atom. The molecule has 0 spiro atoms. The van der Waals surface area contributed by atoms with E-state index in [-0.39, 0.29) is 18.0 Å². The lowest BCUT2D eigenvalue weighted by molar-refractivity contribution is -0.127. The molecule has 0 saturated heterocycles. The Kier molecular flexibility index (Phi) is 5.36. The van der Waals surface area contributed by atoms with Crippen molar-refractivity contribution in [3.8, 4) is 5.75 Å². The number of benzene rings is 1. The summed E-state index contributed by atoms with van der Waals surface area (Å²) in [4.78, 5) is 11.8. The molecule has 0 bridgehead atoms. The Hall–Kier alpha value is -1.55. The first-order valence-electron chi connectivity index (χ1n) is 6.64. The van der Waals surface area contributed by atoms with Crippen LogP contribution >= 0.6 is 0 Å². The number of aryl methyl sites for hydroxylation is 1. The molecule has 2 unspecified atom stereocenters. The summed E-state index contributed by atoms with van der Waals surface area (Å²) in [6.45, 7) is 9.49. The predicted molar refractivity (Wildman–Crippen MR) is 77.2 cm³/mol. The molecule has 0 fully saturated rings. The average Bonchev–Trinajstić information content (AvgIpc) is 2.30. The maximum atomic E-state index is 11.8. The first-order chi connectivity index (χ1) is 8.81. The SMILES string of the molecule is Cc1ccc(OC(C)C(=O)NC(C)C)c(C(C)N)c1. The van der Waals surface area contributed by atoms with Gasteiger partial charge in [0, 0.05) is 17.6 Å². The minimum atomic E-state index is -0.539. The molecule has 19 heavy (non-hydrogen) atoms. The summed E-state index contributed by atoms with van der Waals surface area (Å²) >= 11 is 0. The molecule has 0 heterocycles. The first-order valence-corrected chi connectivity index (χ1v) is 6.64. The fourth-order valence-electron chi connectivity index (χ4n) is 1.78. The molecule has 0 saturated carbocycles. The van der Waals surface area contributed by atoms with Gasteiger partial charge in [-0.25, -0.2) is 0 Å². The van der Waals surface area contributed by atoms with Gasteiger partial charge in [0.2, 0.25) is 0 Å². The number of carbonyl (C=O) groups is 1. The van der Waals surface area contributed by atoms with Crippen molar-refractivity contribution in [1.29, 1.82) is 0 Å². The van der Waals surface area contributed by atoms with Crippen LogP contribution in [0.1, 0.15) is 44.9 Å². The second kappa shape index (κ2) is 6.57. The smallest absolute Gasteiger partial charge is 0.260 e. The molecule has 1 aromatic rings. The molecule has 0 aliphatic carbocycles. The fraction of sp³-hybridized carbons (Fsp3) is 0.533. The van der Waals surface area contributed by atoms with E-state index in [1.807, 2.05) is 45.9 Å². The van der Waals surface area contributed by atoms with Crippen molar-refractivity contribution in [2.75, 3.05) is 0 Å². The van der Waals surface area contributed by atoms with Crippen LogP contribution < -0.4 is 15.8 Å². The van der Waals surface area contributed by atoms with Crippen LogP contribution in [0.2, 0.25) is 0 Å². The number of nitrogens with two attached hydrogens (primary N) is 1. The van der Waals surface area contributed by atoms with Crippen LogP contribution in [-0.2, 0) is 4.79 Å². The van der Waals surface area contributed by atoms with Crippen molar-refractivity contribution in [2.24, 2.45) is 5.73 Å². The topological polar surface area (TPSA) is 64.3 Å². The van der Waals surface area contributed by atoms with Crippen LogP contribution in [-0.4, -0.2) is 18.1 Å². The van der Waals surface area contributed by atoms with Crippen molar-refractivity contribution in [3.63, 3.8) is 0 Å². The molecule has 0 radical (unpaired) electrons. The van der Waals surface area contributed by atoms with Crippen LogP contribution in [0.5, 0.6) is 5.75 Å². The second-order valence-corrected chi connectivity index (χ2v) is 5.25. The standard InChI is InChI=1S/C15H24N2O2/c1-9(2)17-15(18)12(5)19-14-7-6-10(3)8-13(14)11(4)16/h6-9,11-12H,16H2,1-5H3,(H,17,18). The third-order valence-electron chi connectivity index (χ3n) is 2.76. The van der Waals surface area contributed by atoms with Gasteiger partial charge in [-0.15, -0.1) is 0 Å². The third-order valence-corrected chi connectivity index (χ3v) is 2.76. The zero-order chi connectivity index (χ0) is 14.6. The van der Waals surface area contributed by atoms with Gasteiger partial charge in [-0.05, 0) is 40.7 Å².